The summed E-state index contributed by atoms with van der Waals surface area (Å²) in [5.74, 6) is 0. The second-order valence-corrected chi connectivity index (χ2v) is 3.67. The van der Waals surface area contributed by atoms with Crippen molar-refractivity contribution in [1.29, 1.82) is 0 Å². The molecule has 2 atom stereocenters. The van der Waals surface area contributed by atoms with E-state index in [0.29, 0.717) is 0 Å². The largest absolute Gasteiger partial charge is 0.294 e. The number of rotatable bonds is 5. The Morgan fingerprint density at radius 2 is 2.09 bits per heavy atom. The molecule has 0 rings (SSSR count). The lowest BCUT2D eigenvalue weighted by atomic mass is 10.1. The van der Waals surface area contributed by atoms with E-state index in [1.807, 2.05) is 6.92 Å². The molecule has 0 aromatic carbocycles. The minimum atomic E-state index is -1.81. The molecule has 0 amide bonds. The van der Waals surface area contributed by atoms with Crippen LogP contribution >= 0.6 is 0 Å². The van der Waals surface area contributed by atoms with Gasteiger partial charge in [-0.2, -0.15) is 0 Å². The third-order valence-corrected chi connectivity index (χ3v) is 2.64. The molecule has 0 aromatic rings. The Bertz CT molecular complexity index is 130. The lowest BCUT2D eigenvalue weighted by molar-refractivity contribution is 0.330. The topological polar surface area (TPSA) is 40.5 Å². The second-order valence-electron chi connectivity index (χ2n) is 2.63. The van der Waals surface area contributed by atoms with Crippen LogP contribution < -0.4 is 0 Å². The molecule has 0 heterocycles. The lowest BCUT2D eigenvalue weighted by Crippen LogP contribution is -2.32. The molecule has 68 valence electrons. The molecule has 4 heteroatoms. The Kier molecular flexibility index (Phi) is 5.72. The zero-order valence-corrected chi connectivity index (χ0v) is 8.23. The van der Waals surface area contributed by atoms with E-state index in [1.165, 1.54) is 4.31 Å². The summed E-state index contributed by atoms with van der Waals surface area (Å²) in [5.41, 5.74) is 0. The summed E-state index contributed by atoms with van der Waals surface area (Å²) in [4.78, 5) is 0. The van der Waals surface area contributed by atoms with Crippen LogP contribution in [0.25, 0.3) is 0 Å². The smallest absolute Gasteiger partial charge is 0.234 e. The number of nitrogens with zero attached hydrogens (tertiary/aromatic N) is 1. The summed E-state index contributed by atoms with van der Waals surface area (Å²) in [6.45, 7) is 4.11. The Balaban J connectivity index is 3.91. The summed E-state index contributed by atoms with van der Waals surface area (Å²) in [6.07, 6.45) is 2.97. The van der Waals surface area contributed by atoms with Gasteiger partial charge in [-0.15, -0.1) is 0 Å². The van der Waals surface area contributed by atoms with Gasteiger partial charge in [-0.3, -0.25) is 4.55 Å². The lowest BCUT2D eigenvalue weighted by Gasteiger charge is -2.22. The normalized spacial score (nSPS) is 16.8. The molecule has 2 unspecified atom stereocenters. The van der Waals surface area contributed by atoms with Gasteiger partial charge in [-0.25, -0.2) is 8.51 Å². The first-order valence-corrected chi connectivity index (χ1v) is 5.03. The van der Waals surface area contributed by atoms with Crippen LogP contribution in [0.5, 0.6) is 0 Å². The Morgan fingerprint density at radius 3 is 2.36 bits per heavy atom. The van der Waals surface area contributed by atoms with Gasteiger partial charge in [0.15, 0.2) is 0 Å². The standard InChI is InChI=1S/C7H17NO2S/c1-4-6-7(5-2)8(3)11(9)10/h7H,4-6H2,1-3H3,(H,9,10). The van der Waals surface area contributed by atoms with Gasteiger partial charge in [-0.1, -0.05) is 20.3 Å². The van der Waals surface area contributed by atoms with Crippen LogP contribution in [0.15, 0.2) is 0 Å². The Hall–Kier alpha value is 0.0700. The van der Waals surface area contributed by atoms with Gasteiger partial charge in [0.05, 0.1) is 0 Å². The van der Waals surface area contributed by atoms with Crippen LogP contribution in [0, 0.1) is 0 Å². The maximum absolute atomic E-state index is 10.6. The van der Waals surface area contributed by atoms with Crippen molar-refractivity contribution in [1.82, 2.24) is 4.31 Å². The predicted octanol–water partition coefficient (Wildman–Crippen LogP) is 1.63. The molecular formula is C7H17NO2S. The molecule has 0 spiro atoms. The highest BCUT2D eigenvalue weighted by Gasteiger charge is 2.15. The third-order valence-electron chi connectivity index (χ3n) is 1.85. The average molecular weight is 179 g/mol. The summed E-state index contributed by atoms with van der Waals surface area (Å²) in [5, 5.41) is 0. The highest BCUT2D eigenvalue weighted by molar-refractivity contribution is 7.76. The highest BCUT2D eigenvalue weighted by Crippen LogP contribution is 2.09. The van der Waals surface area contributed by atoms with Crippen LogP contribution in [-0.2, 0) is 11.3 Å². The van der Waals surface area contributed by atoms with Crippen molar-refractivity contribution in [3.63, 3.8) is 0 Å². The maximum atomic E-state index is 10.6. The zero-order valence-electron chi connectivity index (χ0n) is 7.41. The van der Waals surface area contributed by atoms with Crippen molar-refractivity contribution < 1.29 is 8.76 Å². The third kappa shape index (κ3) is 3.84. The minimum absolute atomic E-state index is 0.242. The zero-order chi connectivity index (χ0) is 8.85. The van der Waals surface area contributed by atoms with Gasteiger partial charge in [0.1, 0.15) is 0 Å². The quantitative estimate of drug-likeness (QED) is 0.652. The summed E-state index contributed by atoms with van der Waals surface area (Å²) < 4.78 is 20.9. The molecule has 0 fully saturated rings. The van der Waals surface area contributed by atoms with Crippen molar-refractivity contribution in [3.8, 4) is 0 Å². The molecule has 0 saturated carbocycles. The monoisotopic (exact) mass is 179 g/mol. The van der Waals surface area contributed by atoms with Crippen molar-refractivity contribution in [2.24, 2.45) is 0 Å². The number of hydrogen-bond donors (Lipinski definition) is 1. The van der Waals surface area contributed by atoms with Crippen LogP contribution in [0.4, 0.5) is 0 Å². The molecule has 1 N–H and O–H groups in total. The number of hydrogen-bond acceptors (Lipinski definition) is 1. The summed E-state index contributed by atoms with van der Waals surface area (Å²) in [6, 6.07) is 0.242. The Morgan fingerprint density at radius 1 is 1.55 bits per heavy atom. The molecule has 11 heavy (non-hydrogen) atoms. The summed E-state index contributed by atoms with van der Waals surface area (Å²) in [7, 11) is 1.68. The van der Waals surface area contributed by atoms with Gasteiger partial charge in [0.2, 0.25) is 11.3 Å². The van der Waals surface area contributed by atoms with E-state index in [2.05, 4.69) is 6.92 Å². The first-order chi connectivity index (χ1) is 5.13. The fraction of sp³-hybridized carbons (Fsp3) is 1.00. The highest BCUT2D eigenvalue weighted by atomic mass is 32.2. The van der Waals surface area contributed by atoms with E-state index in [9.17, 15) is 4.21 Å². The molecule has 0 aromatic heterocycles. The van der Waals surface area contributed by atoms with E-state index in [-0.39, 0.29) is 6.04 Å². The minimum Gasteiger partial charge on any atom is -0.294 e. The van der Waals surface area contributed by atoms with Gasteiger partial charge in [0.25, 0.3) is 0 Å². The Labute approximate surface area is 71.2 Å². The van der Waals surface area contributed by atoms with E-state index in [1.54, 1.807) is 7.05 Å². The van der Waals surface area contributed by atoms with E-state index in [4.69, 9.17) is 4.55 Å². The van der Waals surface area contributed by atoms with E-state index in [0.717, 1.165) is 19.3 Å². The molecule has 0 saturated heterocycles. The summed E-state index contributed by atoms with van der Waals surface area (Å²) >= 11 is -1.81. The molecule has 0 aliphatic heterocycles. The van der Waals surface area contributed by atoms with Crippen LogP contribution in [0.2, 0.25) is 0 Å². The molecule has 0 aliphatic rings. The molecular weight excluding hydrogens is 162 g/mol. The van der Waals surface area contributed by atoms with Gasteiger partial charge in [-0.05, 0) is 12.8 Å². The molecule has 0 aliphatic carbocycles. The van der Waals surface area contributed by atoms with Crippen molar-refractivity contribution in [3.05, 3.63) is 0 Å². The van der Waals surface area contributed by atoms with Crippen LogP contribution in [-0.4, -0.2) is 26.2 Å². The molecule has 3 nitrogen and oxygen atoms in total. The maximum Gasteiger partial charge on any atom is 0.234 e. The van der Waals surface area contributed by atoms with Crippen molar-refractivity contribution >= 4 is 11.3 Å². The van der Waals surface area contributed by atoms with E-state index < -0.39 is 11.3 Å². The van der Waals surface area contributed by atoms with Gasteiger partial charge < -0.3 is 0 Å². The average Bonchev–Trinajstić information content (AvgIpc) is 1.98. The van der Waals surface area contributed by atoms with Crippen LogP contribution in [0.3, 0.4) is 0 Å². The van der Waals surface area contributed by atoms with E-state index >= 15 is 0 Å². The van der Waals surface area contributed by atoms with Crippen molar-refractivity contribution in [2.75, 3.05) is 7.05 Å². The molecule has 0 bridgehead atoms. The molecule has 0 radical (unpaired) electrons. The predicted molar refractivity (Wildman–Crippen MR) is 47.5 cm³/mol. The van der Waals surface area contributed by atoms with Crippen molar-refractivity contribution in [2.45, 2.75) is 39.2 Å². The SMILES string of the molecule is CCCC(CC)N(C)S(=O)O. The van der Waals surface area contributed by atoms with Crippen LogP contribution in [0.1, 0.15) is 33.1 Å². The second kappa shape index (κ2) is 5.69. The first-order valence-electron chi connectivity index (χ1n) is 3.97. The fourth-order valence-corrected chi connectivity index (χ4v) is 1.61. The first kappa shape index (κ1) is 11.1. The van der Waals surface area contributed by atoms with Gasteiger partial charge >= 0.3 is 0 Å². The fourth-order valence-electron chi connectivity index (χ4n) is 1.10. The van der Waals surface area contributed by atoms with Gasteiger partial charge in [0, 0.05) is 13.1 Å².